The number of nitrogens with zero attached hydrogens (tertiary/aromatic N) is 5. The number of hydrogen-bond donors (Lipinski definition) is 0. The Bertz CT molecular complexity index is 3440. The van der Waals surface area contributed by atoms with Crippen LogP contribution < -0.4 is 0 Å². The maximum absolute atomic E-state index is 6.37. The number of para-hydroxylation sites is 4. The van der Waals surface area contributed by atoms with Crippen LogP contribution in [0.2, 0.25) is 0 Å². The summed E-state index contributed by atoms with van der Waals surface area (Å²) in [6.07, 6.45) is 0. The van der Waals surface area contributed by atoms with E-state index in [9.17, 15) is 0 Å². The van der Waals surface area contributed by atoms with E-state index in [1.807, 2.05) is 30.3 Å². The Morgan fingerprint density at radius 1 is 0.500 bits per heavy atom. The van der Waals surface area contributed by atoms with E-state index in [2.05, 4.69) is 174 Å². The molecule has 0 N–H and O–H groups in total. The molecule has 0 amide bonds. The lowest BCUT2D eigenvalue weighted by molar-refractivity contribution is 0.669. The van der Waals surface area contributed by atoms with Gasteiger partial charge >= 0.3 is 0 Å². The molecule has 3 aromatic heterocycles. The summed E-state index contributed by atoms with van der Waals surface area (Å²) in [4.78, 5) is 15.4. The zero-order valence-electron chi connectivity index (χ0n) is 31.5. The normalized spacial score (nSPS) is 12.5. The van der Waals surface area contributed by atoms with Gasteiger partial charge in [-0.1, -0.05) is 140 Å². The summed E-state index contributed by atoms with van der Waals surface area (Å²) in [6, 6.07) is 65.3. The lowest BCUT2D eigenvalue weighted by atomic mass is 10.0. The topological polar surface area (TPSA) is 60.1 Å². The highest BCUT2D eigenvalue weighted by Crippen LogP contribution is 2.40. The van der Waals surface area contributed by atoms with E-state index in [0.29, 0.717) is 18.3 Å². The molecular formula is C52H35N5O. The van der Waals surface area contributed by atoms with Gasteiger partial charge < -0.3 is 8.98 Å². The number of fused-ring (bicyclic) bond motifs is 10. The van der Waals surface area contributed by atoms with E-state index in [1.165, 1.54) is 5.39 Å². The minimum Gasteiger partial charge on any atom is -0.456 e. The Morgan fingerprint density at radius 2 is 1.12 bits per heavy atom. The second-order valence-electron chi connectivity index (χ2n) is 14.5. The monoisotopic (exact) mass is 745 g/mol. The summed E-state index contributed by atoms with van der Waals surface area (Å²) < 4.78 is 10.9. The SMILES string of the molecule is C=N/C(=N\C(=N/Cc1cccc(-c2ccccc2)c1)c1ccc2c(c1)oc1ccccc12)n1c2ccccc2c2ccc3c4ccccc4n(-c4ccccc4)c3c21. The molecule has 3 heterocycles. The van der Waals surface area contributed by atoms with Crippen LogP contribution >= 0.6 is 0 Å². The van der Waals surface area contributed by atoms with Crippen LogP contribution in [0.4, 0.5) is 0 Å². The van der Waals surface area contributed by atoms with Gasteiger partial charge in [-0.05, 0) is 71.9 Å². The van der Waals surface area contributed by atoms with Crippen LogP contribution in [0.3, 0.4) is 0 Å². The number of furan rings is 1. The zero-order valence-corrected chi connectivity index (χ0v) is 31.5. The number of aliphatic imine (C=N–C) groups is 3. The van der Waals surface area contributed by atoms with Gasteiger partial charge in [-0.25, -0.2) is 4.99 Å². The Balaban J connectivity index is 1.17. The van der Waals surface area contributed by atoms with Gasteiger partial charge in [0.2, 0.25) is 5.96 Å². The summed E-state index contributed by atoms with van der Waals surface area (Å²) in [5, 5.41) is 6.62. The van der Waals surface area contributed by atoms with Crippen LogP contribution in [0.15, 0.2) is 207 Å². The molecule has 0 aliphatic rings. The maximum atomic E-state index is 6.37. The molecule has 6 heteroatoms. The van der Waals surface area contributed by atoms with Crippen molar-refractivity contribution in [2.24, 2.45) is 15.0 Å². The molecule has 0 radical (unpaired) electrons. The minimum atomic E-state index is 0.405. The molecule has 0 bridgehead atoms. The number of aromatic nitrogens is 2. The summed E-state index contributed by atoms with van der Waals surface area (Å²) in [5.74, 6) is 0.946. The average molecular weight is 746 g/mol. The van der Waals surface area contributed by atoms with Crippen molar-refractivity contribution in [3.8, 4) is 16.8 Å². The zero-order chi connectivity index (χ0) is 38.6. The molecule has 0 unspecified atom stereocenters. The molecule has 11 aromatic rings. The second kappa shape index (κ2) is 13.7. The molecule has 0 atom stereocenters. The first-order chi connectivity index (χ1) is 28.7. The summed E-state index contributed by atoms with van der Waals surface area (Å²) >= 11 is 0. The maximum Gasteiger partial charge on any atom is 0.236 e. The van der Waals surface area contributed by atoms with E-state index < -0.39 is 0 Å². The van der Waals surface area contributed by atoms with Crippen molar-refractivity contribution in [1.29, 1.82) is 0 Å². The molecular weight excluding hydrogens is 711 g/mol. The van der Waals surface area contributed by atoms with Crippen LogP contribution in [-0.4, -0.2) is 27.6 Å². The standard InChI is InChI=1S/C52H35N5O/c1-53-52(57-46-25-12-9-22-40(46)44-30-29-43-39-21-8-11-24-45(39)56(49(43)50(44)57)38-19-6-3-7-20-38)55-51(37-27-28-42-41-23-10-13-26-47(41)58-48(42)32-37)54-33-34-15-14-18-36(31-34)35-16-4-2-5-17-35/h2-32H,1,33H2/b54-51-,55-52+. The van der Waals surface area contributed by atoms with Crippen LogP contribution in [0.25, 0.3) is 82.4 Å². The van der Waals surface area contributed by atoms with Crippen molar-refractivity contribution >= 4 is 84.1 Å². The van der Waals surface area contributed by atoms with Gasteiger partial charge in [-0.15, -0.1) is 0 Å². The van der Waals surface area contributed by atoms with E-state index in [1.54, 1.807) is 0 Å². The molecule has 8 aromatic carbocycles. The van der Waals surface area contributed by atoms with Gasteiger partial charge in [0.1, 0.15) is 11.2 Å². The predicted molar refractivity (Wildman–Crippen MR) is 242 cm³/mol. The van der Waals surface area contributed by atoms with Crippen molar-refractivity contribution in [1.82, 2.24) is 9.13 Å². The van der Waals surface area contributed by atoms with Crippen LogP contribution in [0.5, 0.6) is 0 Å². The number of hydrogen-bond acceptors (Lipinski definition) is 2. The molecule has 0 fully saturated rings. The van der Waals surface area contributed by atoms with Gasteiger partial charge in [-0.3, -0.25) is 9.56 Å². The lowest BCUT2D eigenvalue weighted by Crippen LogP contribution is -2.13. The average Bonchev–Trinajstić information content (AvgIpc) is 3.95. The third kappa shape index (κ3) is 5.46. The first-order valence-corrected chi connectivity index (χ1v) is 19.4. The summed E-state index contributed by atoms with van der Waals surface area (Å²) in [6.45, 7) is 4.55. The quantitative estimate of drug-likeness (QED) is 0.128. The number of amidine groups is 1. The summed E-state index contributed by atoms with van der Waals surface area (Å²) in [7, 11) is 0. The third-order valence-corrected chi connectivity index (χ3v) is 11.1. The van der Waals surface area contributed by atoms with Crippen LogP contribution in [0, 0.1) is 0 Å². The highest BCUT2D eigenvalue weighted by Gasteiger charge is 2.23. The fourth-order valence-corrected chi connectivity index (χ4v) is 8.51. The molecule has 58 heavy (non-hydrogen) atoms. The molecule has 6 nitrogen and oxygen atoms in total. The fourth-order valence-electron chi connectivity index (χ4n) is 8.51. The highest BCUT2D eigenvalue weighted by atomic mass is 16.3. The number of rotatable bonds is 5. The Hall–Kier alpha value is -7.83. The van der Waals surface area contributed by atoms with Crippen molar-refractivity contribution in [3.05, 3.63) is 199 Å². The molecule has 11 rings (SSSR count). The van der Waals surface area contributed by atoms with E-state index >= 15 is 0 Å². The Morgan fingerprint density at radius 3 is 1.91 bits per heavy atom. The lowest BCUT2D eigenvalue weighted by Gasteiger charge is -2.12. The highest BCUT2D eigenvalue weighted by molar-refractivity contribution is 6.26. The third-order valence-electron chi connectivity index (χ3n) is 11.1. The van der Waals surface area contributed by atoms with Gasteiger partial charge in [-0.2, -0.15) is 4.99 Å². The largest absolute Gasteiger partial charge is 0.456 e. The Labute approximate surface area is 334 Å². The fraction of sp³-hybridized carbons (Fsp3) is 0.0192. The minimum absolute atomic E-state index is 0.405. The van der Waals surface area contributed by atoms with E-state index in [-0.39, 0.29) is 0 Å². The first-order valence-electron chi connectivity index (χ1n) is 19.4. The van der Waals surface area contributed by atoms with E-state index in [0.717, 1.165) is 88.1 Å². The van der Waals surface area contributed by atoms with Crippen LogP contribution in [0.1, 0.15) is 11.1 Å². The van der Waals surface area contributed by atoms with Crippen LogP contribution in [-0.2, 0) is 6.54 Å². The molecule has 274 valence electrons. The molecule has 0 aliphatic heterocycles. The van der Waals surface area contributed by atoms with E-state index in [4.69, 9.17) is 19.4 Å². The first kappa shape index (κ1) is 33.5. The number of benzene rings is 8. The Kier molecular flexibility index (Phi) is 7.93. The van der Waals surface area contributed by atoms with Crippen molar-refractivity contribution in [2.75, 3.05) is 0 Å². The van der Waals surface area contributed by atoms with Gasteiger partial charge in [0, 0.05) is 43.6 Å². The second-order valence-corrected chi connectivity index (χ2v) is 14.5. The van der Waals surface area contributed by atoms with Gasteiger partial charge in [0.15, 0.2) is 5.84 Å². The van der Waals surface area contributed by atoms with Crippen molar-refractivity contribution in [3.63, 3.8) is 0 Å². The van der Waals surface area contributed by atoms with Crippen molar-refractivity contribution < 1.29 is 4.42 Å². The van der Waals surface area contributed by atoms with Gasteiger partial charge in [0.05, 0.1) is 28.6 Å². The predicted octanol–water partition coefficient (Wildman–Crippen LogP) is 13.0. The van der Waals surface area contributed by atoms with Gasteiger partial charge in [0.25, 0.3) is 0 Å². The summed E-state index contributed by atoms with van der Waals surface area (Å²) in [5.41, 5.74) is 11.0. The van der Waals surface area contributed by atoms with Crippen molar-refractivity contribution in [2.45, 2.75) is 6.54 Å². The molecule has 0 spiro atoms. The smallest absolute Gasteiger partial charge is 0.236 e. The molecule has 0 saturated heterocycles. The molecule has 0 saturated carbocycles. The molecule has 0 aliphatic carbocycles.